The fraction of sp³-hybridized carbons (Fsp3) is 0.208. The molecule has 34 heavy (non-hydrogen) atoms. The van der Waals surface area contributed by atoms with Crippen LogP contribution in [-0.2, 0) is 17.6 Å². The number of hydrogen-bond donors (Lipinski definition) is 1. The van der Waals surface area contributed by atoms with Crippen LogP contribution in [0.4, 0.5) is 11.4 Å². The Bertz CT molecular complexity index is 1460. The summed E-state index contributed by atoms with van der Waals surface area (Å²) in [6.45, 7) is 0. The molecule has 0 fully saturated rings. The number of carbonyl (C=O) groups is 1. The standard InChI is InChI=1S/C24H20N4O4S2/c29-20(25-17-11-5-6-12-18(17)28(31)32)14-33-24-26-22-21(16-10-4-7-13-19(16)34-22)23(30)27(24)15-8-2-1-3-9-15/h1-3,5-6,8-9,11-12H,4,7,10,13-14H2,(H,25,29). The number of aromatic nitrogens is 2. The number of rotatable bonds is 6. The molecule has 1 N–H and O–H groups in total. The van der Waals surface area contributed by atoms with Crippen LogP contribution in [0.3, 0.4) is 0 Å². The Morgan fingerprint density at radius 1 is 1.12 bits per heavy atom. The van der Waals surface area contributed by atoms with Crippen molar-refractivity contribution in [1.82, 2.24) is 9.55 Å². The van der Waals surface area contributed by atoms with E-state index in [1.807, 2.05) is 30.3 Å². The van der Waals surface area contributed by atoms with Gasteiger partial charge in [-0.2, -0.15) is 0 Å². The number of benzene rings is 2. The first-order valence-electron chi connectivity index (χ1n) is 10.8. The molecule has 0 bridgehead atoms. The van der Waals surface area contributed by atoms with E-state index in [4.69, 9.17) is 4.98 Å². The number of carbonyl (C=O) groups excluding carboxylic acids is 1. The normalized spacial score (nSPS) is 12.9. The van der Waals surface area contributed by atoms with Crippen LogP contribution in [0.1, 0.15) is 23.3 Å². The van der Waals surface area contributed by atoms with Crippen LogP contribution in [0.5, 0.6) is 0 Å². The molecule has 1 aliphatic rings. The summed E-state index contributed by atoms with van der Waals surface area (Å²) in [7, 11) is 0. The van der Waals surface area contributed by atoms with Crippen molar-refractivity contribution >= 4 is 50.6 Å². The van der Waals surface area contributed by atoms with Gasteiger partial charge in [-0.3, -0.25) is 24.3 Å². The zero-order valence-electron chi connectivity index (χ0n) is 18.0. The summed E-state index contributed by atoms with van der Waals surface area (Å²) in [5, 5.41) is 14.9. The molecule has 1 amide bonds. The average molecular weight is 493 g/mol. The molecule has 0 spiro atoms. The summed E-state index contributed by atoms with van der Waals surface area (Å²) >= 11 is 2.70. The van der Waals surface area contributed by atoms with Crippen LogP contribution in [0.25, 0.3) is 15.9 Å². The van der Waals surface area contributed by atoms with Crippen molar-refractivity contribution in [2.45, 2.75) is 30.8 Å². The summed E-state index contributed by atoms with van der Waals surface area (Å²) in [5.74, 6) is -0.471. The molecule has 10 heteroatoms. The molecule has 1 aliphatic carbocycles. The van der Waals surface area contributed by atoms with Gasteiger partial charge in [0.05, 0.1) is 21.7 Å². The summed E-state index contributed by atoms with van der Waals surface area (Å²) in [5.41, 5.74) is 1.62. The Balaban J connectivity index is 1.50. The average Bonchev–Trinajstić information content (AvgIpc) is 3.22. The number of nitrogens with zero attached hydrogens (tertiary/aromatic N) is 3. The van der Waals surface area contributed by atoms with Gasteiger partial charge in [0, 0.05) is 10.9 Å². The maximum Gasteiger partial charge on any atom is 0.292 e. The fourth-order valence-corrected chi connectivity index (χ4v) is 6.26. The van der Waals surface area contributed by atoms with Gasteiger partial charge in [0.1, 0.15) is 10.5 Å². The smallest absolute Gasteiger partial charge is 0.292 e. The van der Waals surface area contributed by atoms with E-state index in [-0.39, 0.29) is 22.7 Å². The van der Waals surface area contributed by atoms with Crippen molar-refractivity contribution in [3.05, 3.63) is 85.5 Å². The Morgan fingerprint density at radius 2 is 1.85 bits per heavy atom. The Morgan fingerprint density at radius 3 is 2.65 bits per heavy atom. The van der Waals surface area contributed by atoms with E-state index < -0.39 is 10.8 Å². The highest BCUT2D eigenvalue weighted by molar-refractivity contribution is 7.99. The van der Waals surface area contributed by atoms with Crippen LogP contribution in [0.15, 0.2) is 64.5 Å². The number of para-hydroxylation sites is 3. The van der Waals surface area contributed by atoms with Gasteiger partial charge in [-0.1, -0.05) is 42.1 Å². The van der Waals surface area contributed by atoms with Gasteiger partial charge in [-0.15, -0.1) is 11.3 Å². The maximum absolute atomic E-state index is 13.7. The van der Waals surface area contributed by atoms with Crippen LogP contribution in [0, 0.1) is 10.1 Å². The molecule has 0 saturated carbocycles. The number of fused-ring (bicyclic) bond motifs is 3. The molecular formula is C24H20N4O4S2. The molecular weight excluding hydrogens is 472 g/mol. The molecule has 0 aliphatic heterocycles. The number of amides is 1. The van der Waals surface area contributed by atoms with Gasteiger partial charge in [-0.25, -0.2) is 4.98 Å². The molecule has 0 unspecified atom stereocenters. The summed E-state index contributed by atoms with van der Waals surface area (Å²) in [6.07, 6.45) is 4.01. The summed E-state index contributed by atoms with van der Waals surface area (Å²) in [6, 6.07) is 15.2. The number of thioether (sulfide) groups is 1. The van der Waals surface area contributed by atoms with Crippen molar-refractivity contribution in [2.24, 2.45) is 0 Å². The number of nitrogens with one attached hydrogen (secondary N) is 1. The first-order valence-corrected chi connectivity index (χ1v) is 12.6. The molecule has 2 aromatic carbocycles. The van der Waals surface area contributed by atoms with E-state index in [9.17, 15) is 19.7 Å². The molecule has 172 valence electrons. The number of nitro benzene ring substituents is 1. The lowest BCUT2D eigenvalue weighted by Crippen LogP contribution is -2.23. The first-order chi connectivity index (χ1) is 16.5. The minimum atomic E-state index is -0.538. The minimum absolute atomic E-state index is 0.0537. The van der Waals surface area contributed by atoms with Gasteiger partial charge in [0.2, 0.25) is 5.91 Å². The Hall–Kier alpha value is -3.50. The molecule has 0 radical (unpaired) electrons. The van der Waals surface area contributed by atoms with Crippen molar-refractivity contribution in [3.8, 4) is 5.69 Å². The second-order valence-corrected chi connectivity index (χ2v) is 9.90. The van der Waals surface area contributed by atoms with Gasteiger partial charge < -0.3 is 5.32 Å². The van der Waals surface area contributed by atoms with Crippen LogP contribution in [-0.4, -0.2) is 26.1 Å². The number of thiophene rings is 1. The predicted molar refractivity (Wildman–Crippen MR) is 134 cm³/mol. The number of nitro groups is 1. The summed E-state index contributed by atoms with van der Waals surface area (Å²) < 4.78 is 1.56. The zero-order valence-corrected chi connectivity index (χ0v) is 19.7. The predicted octanol–water partition coefficient (Wildman–Crippen LogP) is 4.97. The van der Waals surface area contributed by atoms with Crippen molar-refractivity contribution in [3.63, 3.8) is 0 Å². The quantitative estimate of drug-likeness (QED) is 0.176. The highest BCUT2D eigenvalue weighted by Gasteiger charge is 2.23. The van der Waals surface area contributed by atoms with E-state index in [0.29, 0.717) is 21.1 Å². The van der Waals surface area contributed by atoms with Gasteiger partial charge in [0.15, 0.2) is 5.16 Å². The SMILES string of the molecule is O=C(CSc1nc2sc3c(c2c(=O)n1-c1ccccc1)CCCC3)Nc1ccccc1[N+](=O)[O-]. The van der Waals surface area contributed by atoms with Gasteiger partial charge in [-0.05, 0) is 49.4 Å². The third-order valence-electron chi connectivity index (χ3n) is 5.68. The monoisotopic (exact) mass is 492 g/mol. The summed E-state index contributed by atoms with van der Waals surface area (Å²) in [4.78, 5) is 43.7. The molecule has 0 atom stereocenters. The van der Waals surface area contributed by atoms with E-state index in [1.165, 1.54) is 17.0 Å². The second kappa shape index (κ2) is 9.40. The maximum atomic E-state index is 13.7. The van der Waals surface area contributed by atoms with Crippen LogP contribution < -0.4 is 10.9 Å². The lowest BCUT2D eigenvalue weighted by molar-refractivity contribution is -0.383. The number of anilines is 1. The number of aryl methyl sites for hydroxylation is 2. The molecule has 5 rings (SSSR count). The minimum Gasteiger partial charge on any atom is -0.320 e. The topological polar surface area (TPSA) is 107 Å². The largest absolute Gasteiger partial charge is 0.320 e. The lowest BCUT2D eigenvalue weighted by Gasteiger charge is -2.13. The second-order valence-electron chi connectivity index (χ2n) is 7.87. The highest BCUT2D eigenvalue weighted by atomic mass is 32.2. The first kappa shape index (κ1) is 22.3. The highest BCUT2D eigenvalue weighted by Crippen LogP contribution is 2.35. The molecule has 8 nitrogen and oxygen atoms in total. The van der Waals surface area contributed by atoms with Crippen molar-refractivity contribution < 1.29 is 9.72 Å². The van der Waals surface area contributed by atoms with E-state index in [0.717, 1.165) is 43.0 Å². The molecule has 4 aromatic rings. The molecule has 2 heterocycles. The van der Waals surface area contributed by atoms with Gasteiger partial charge >= 0.3 is 0 Å². The fourth-order valence-electron chi connectivity index (χ4n) is 4.14. The van der Waals surface area contributed by atoms with Crippen LogP contribution >= 0.6 is 23.1 Å². The Labute approximate surface area is 202 Å². The van der Waals surface area contributed by atoms with Gasteiger partial charge in [0.25, 0.3) is 11.2 Å². The zero-order chi connectivity index (χ0) is 23.7. The molecule has 0 saturated heterocycles. The molecule has 2 aromatic heterocycles. The van der Waals surface area contributed by atoms with Crippen molar-refractivity contribution in [2.75, 3.05) is 11.1 Å². The lowest BCUT2D eigenvalue weighted by atomic mass is 9.97. The van der Waals surface area contributed by atoms with E-state index in [1.54, 1.807) is 28.0 Å². The third-order valence-corrected chi connectivity index (χ3v) is 7.80. The van der Waals surface area contributed by atoms with Crippen molar-refractivity contribution in [1.29, 1.82) is 0 Å². The van der Waals surface area contributed by atoms with Crippen LogP contribution in [0.2, 0.25) is 0 Å². The van der Waals surface area contributed by atoms with E-state index >= 15 is 0 Å². The Kier molecular flexibility index (Phi) is 6.16. The van der Waals surface area contributed by atoms with E-state index in [2.05, 4.69) is 5.32 Å². The number of hydrogen-bond acceptors (Lipinski definition) is 7. The third kappa shape index (κ3) is 4.22.